The van der Waals surface area contributed by atoms with Gasteiger partial charge in [0.1, 0.15) is 11.6 Å². The number of nitrogens with one attached hydrogen (secondary N) is 2. The third kappa shape index (κ3) is 4.52. The monoisotopic (exact) mass is 467 g/mol. The number of likely N-dealkylation sites (N-methyl/N-ethyl adjacent to an activating group) is 1. The lowest BCUT2D eigenvalue weighted by Crippen LogP contribution is -2.57. The zero-order chi connectivity index (χ0) is 24.6. The van der Waals surface area contributed by atoms with Crippen LogP contribution in [0.2, 0.25) is 0 Å². The SMILES string of the molecule is CNC(=O)C(=O)C1CNc2nc(C)c(C(=O)N3C[C@H](C)N(Cc4ccc(F)cc4)C[C@H]3C)cc21. The smallest absolute Gasteiger partial charge is 0.287 e. The van der Waals surface area contributed by atoms with Gasteiger partial charge in [-0.15, -0.1) is 0 Å². The van der Waals surface area contributed by atoms with Gasteiger partial charge in [0.05, 0.1) is 17.2 Å². The van der Waals surface area contributed by atoms with Crippen molar-refractivity contribution in [1.82, 2.24) is 20.1 Å². The van der Waals surface area contributed by atoms with E-state index in [0.29, 0.717) is 42.3 Å². The van der Waals surface area contributed by atoms with Crippen molar-refractivity contribution < 1.29 is 18.8 Å². The summed E-state index contributed by atoms with van der Waals surface area (Å²) < 4.78 is 13.2. The summed E-state index contributed by atoms with van der Waals surface area (Å²) in [5, 5.41) is 5.45. The van der Waals surface area contributed by atoms with Crippen molar-refractivity contribution in [2.75, 3.05) is 32.0 Å². The van der Waals surface area contributed by atoms with Crippen LogP contribution in [0.15, 0.2) is 30.3 Å². The Kier molecular flexibility index (Phi) is 6.65. The molecule has 2 aliphatic rings. The highest BCUT2D eigenvalue weighted by molar-refractivity contribution is 6.38. The average molecular weight is 468 g/mol. The maximum atomic E-state index is 13.6. The number of benzene rings is 1. The van der Waals surface area contributed by atoms with Gasteiger partial charge in [-0.25, -0.2) is 9.37 Å². The minimum Gasteiger partial charge on any atom is -0.369 e. The summed E-state index contributed by atoms with van der Waals surface area (Å²) in [7, 11) is 1.42. The summed E-state index contributed by atoms with van der Waals surface area (Å²) in [6.45, 7) is 8.05. The Morgan fingerprint density at radius 3 is 2.53 bits per heavy atom. The summed E-state index contributed by atoms with van der Waals surface area (Å²) in [5.41, 5.74) is 2.64. The molecule has 2 N–H and O–H groups in total. The van der Waals surface area contributed by atoms with Crippen molar-refractivity contribution in [2.24, 2.45) is 0 Å². The van der Waals surface area contributed by atoms with E-state index < -0.39 is 17.6 Å². The average Bonchev–Trinajstić information content (AvgIpc) is 3.23. The minimum absolute atomic E-state index is 0.0433. The second-order valence-electron chi connectivity index (χ2n) is 9.15. The molecule has 3 atom stereocenters. The first-order valence-corrected chi connectivity index (χ1v) is 11.5. The van der Waals surface area contributed by atoms with Crippen molar-refractivity contribution in [3.05, 3.63) is 58.5 Å². The number of piperazine rings is 1. The van der Waals surface area contributed by atoms with E-state index in [0.717, 1.165) is 5.56 Å². The number of carbonyl (C=O) groups is 3. The maximum Gasteiger partial charge on any atom is 0.287 e. The summed E-state index contributed by atoms with van der Waals surface area (Å²) in [6, 6.07) is 8.28. The Balaban J connectivity index is 1.52. The highest BCUT2D eigenvalue weighted by Crippen LogP contribution is 2.33. The number of pyridine rings is 1. The number of ketones is 1. The number of fused-ring (bicyclic) bond motifs is 1. The molecule has 1 saturated heterocycles. The molecule has 3 heterocycles. The van der Waals surface area contributed by atoms with Gasteiger partial charge in [-0.1, -0.05) is 12.1 Å². The van der Waals surface area contributed by atoms with E-state index >= 15 is 0 Å². The van der Waals surface area contributed by atoms with Gasteiger partial charge in [0.25, 0.3) is 11.8 Å². The van der Waals surface area contributed by atoms with Crippen LogP contribution in [-0.4, -0.2) is 71.1 Å². The fourth-order valence-electron chi connectivity index (χ4n) is 4.75. The van der Waals surface area contributed by atoms with Gasteiger partial charge in [0.15, 0.2) is 0 Å². The van der Waals surface area contributed by atoms with Gasteiger partial charge in [-0.2, -0.15) is 0 Å². The van der Waals surface area contributed by atoms with Crippen LogP contribution < -0.4 is 10.6 Å². The summed E-state index contributed by atoms with van der Waals surface area (Å²) >= 11 is 0. The second kappa shape index (κ2) is 9.50. The molecule has 180 valence electrons. The molecule has 1 aromatic heterocycles. The summed E-state index contributed by atoms with van der Waals surface area (Å²) in [5.74, 6) is -1.72. The summed E-state index contributed by atoms with van der Waals surface area (Å²) in [6.07, 6.45) is 0. The molecular weight excluding hydrogens is 437 g/mol. The van der Waals surface area contributed by atoms with Gasteiger partial charge in [0, 0.05) is 50.9 Å². The van der Waals surface area contributed by atoms with Gasteiger partial charge in [0.2, 0.25) is 5.78 Å². The van der Waals surface area contributed by atoms with E-state index in [1.54, 1.807) is 25.1 Å². The zero-order valence-electron chi connectivity index (χ0n) is 19.9. The quantitative estimate of drug-likeness (QED) is 0.654. The number of hydrogen-bond acceptors (Lipinski definition) is 6. The third-order valence-electron chi connectivity index (χ3n) is 6.76. The van der Waals surface area contributed by atoms with E-state index in [4.69, 9.17) is 0 Å². The van der Waals surface area contributed by atoms with Crippen molar-refractivity contribution in [2.45, 2.75) is 45.3 Å². The molecule has 4 rings (SSSR count). The van der Waals surface area contributed by atoms with Crippen molar-refractivity contribution in [3.8, 4) is 0 Å². The molecule has 2 aromatic rings. The number of anilines is 1. The van der Waals surface area contributed by atoms with Gasteiger partial charge in [-0.05, 0) is 44.5 Å². The van der Waals surface area contributed by atoms with E-state index in [-0.39, 0.29) is 30.4 Å². The third-order valence-corrected chi connectivity index (χ3v) is 6.76. The first-order chi connectivity index (χ1) is 16.2. The highest BCUT2D eigenvalue weighted by Gasteiger charge is 2.37. The lowest BCUT2D eigenvalue weighted by atomic mass is 9.95. The van der Waals surface area contributed by atoms with Gasteiger partial charge >= 0.3 is 0 Å². The molecule has 8 nitrogen and oxygen atoms in total. The van der Waals surface area contributed by atoms with Crippen LogP contribution in [0.3, 0.4) is 0 Å². The van der Waals surface area contributed by atoms with E-state index in [1.165, 1.54) is 19.2 Å². The standard InChI is InChI=1S/C25H30FN5O3/c1-14-12-31(15(2)11-30(14)13-17-5-7-18(26)8-6-17)25(34)19-9-20-21(22(32)24(33)27-4)10-28-23(20)29-16(19)3/h5-9,14-15,21H,10-13H2,1-4H3,(H,27,33)(H,28,29)/t14-,15+,21?/m0/s1. The van der Waals surface area contributed by atoms with Crippen LogP contribution in [0.5, 0.6) is 0 Å². The number of hydrogen-bond donors (Lipinski definition) is 2. The largest absolute Gasteiger partial charge is 0.369 e. The Morgan fingerprint density at radius 2 is 1.85 bits per heavy atom. The number of aryl methyl sites for hydroxylation is 1. The molecule has 34 heavy (non-hydrogen) atoms. The molecule has 0 aliphatic carbocycles. The van der Waals surface area contributed by atoms with Crippen molar-refractivity contribution >= 4 is 23.4 Å². The van der Waals surface area contributed by atoms with Crippen molar-refractivity contribution in [3.63, 3.8) is 0 Å². The molecule has 9 heteroatoms. The maximum absolute atomic E-state index is 13.6. The molecule has 0 bridgehead atoms. The molecule has 0 spiro atoms. The second-order valence-corrected chi connectivity index (χ2v) is 9.15. The molecule has 1 fully saturated rings. The number of nitrogens with zero attached hydrogens (tertiary/aromatic N) is 3. The van der Waals surface area contributed by atoms with E-state index in [1.807, 2.05) is 11.8 Å². The van der Waals surface area contributed by atoms with Crippen LogP contribution in [0.1, 0.15) is 46.9 Å². The predicted octanol–water partition coefficient (Wildman–Crippen LogP) is 2.09. The Labute approximate surface area is 198 Å². The molecule has 0 saturated carbocycles. The lowest BCUT2D eigenvalue weighted by molar-refractivity contribution is -0.138. The topological polar surface area (TPSA) is 94.6 Å². The van der Waals surface area contributed by atoms with Crippen LogP contribution >= 0.6 is 0 Å². The molecule has 2 amide bonds. The number of aromatic nitrogens is 1. The lowest BCUT2D eigenvalue weighted by Gasteiger charge is -2.44. The number of rotatable bonds is 5. The first kappa shape index (κ1) is 23.8. The molecule has 0 radical (unpaired) electrons. The molecular formula is C25H30FN5O3. The first-order valence-electron chi connectivity index (χ1n) is 11.5. The Bertz CT molecular complexity index is 1120. The highest BCUT2D eigenvalue weighted by atomic mass is 19.1. The fraction of sp³-hybridized carbons (Fsp3) is 0.440. The Morgan fingerprint density at radius 1 is 1.15 bits per heavy atom. The van der Waals surface area contributed by atoms with Crippen LogP contribution in [0.25, 0.3) is 0 Å². The minimum atomic E-state index is -0.668. The van der Waals surface area contributed by atoms with E-state index in [9.17, 15) is 18.8 Å². The van der Waals surface area contributed by atoms with Crippen LogP contribution in [-0.2, 0) is 16.1 Å². The predicted molar refractivity (Wildman–Crippen MR) is 126 cm³/mol. The Hall–Kier alpha value is -3.33. The number of halogens is 1. The van der Waals surface area contributed by atoms with Gasteiger partial charge in [-0.3, -0.25) is 19.3 Å². The molecule has 1 unspecified atom stereocenters. The number of carbonyl (C=O) groups excluding carboxylic acids is 3. The van der Waals surface area contributed by atoms with Gasteiger partial charge < -0.3 is 15.5 Å². The molecule has 2 aliphatic heterocycles. The van der Waals surface area contributed by atoms with Crippen molar-refractivity contribution in [1.29, 1.82) is 0 Å². The summed E-state index contributed by atoms with van der Waals surface area (Å²) in [4.78, 5) is 46.6. The van der Waals surface area contributed by atoms with E-state index in [2.05, 4.69) is 27.4 Å². The molecule has 1 aromatic carbocycles. The number of amides is 2. The number of Topliss-reactive ketones (excluding diaryl/α,β-unsaturated/α-hetero) is 1. The van der Waals surface area contributed by atoms with Crippen LogP contribution in [0.4, 0.5) is 10.2 Å². The zero-order valence-corrected chi connectivity index (χ0v) is 19.9. The van der Waals surface area contributed by atoms with Crippen LogP contribution in [0, 0.1) is 12.7 Å². The fourth-order valence-corrected chi connectivity index (χ4v) is 4.75. The normalized spacial score (nSPS) is 22.1.